The summed E-state index contributed by atoms with van der Waals surface area (Å²) >= 11 is 0. The van der Waals surface area contributed by atoms with Crippen LogP contribution in [-0.2, 0) is 14.8 Å². The minimum atomic E-state index is -4.13. The Labute approximate surface area is 212 Å². The van der Waals surface area contributed by atoms with Gasteiger partial charge in [-0.2, -0.15) is 0 Å². The van der Waals surface area contributed by atoms with Gasteiger partial charge in [-0.1, -0.05) is 13.0 Å². The molecule has 0 bridgehead atoms. The third-order valence-electron chi connectivity index (χ3n) is 5.76. The standard InChI is InChI=1S/C22H25FN8O5S/c1-12(19-25-10-14(23)11-26-19)13(2)37(33,34)30-22-29-28-20(15-6-5-7-17(27-15)36-4)31(22)18-16(35-3)8-9-24-21(18)32/h5-13,21,24,32H,1-4H3,(H,29,30)/t12-,13-,21?/m0/s1. The average molecular weight is 533 g/mol. The summed E-state index contributed by atoms with van der Waals surface area (Å²) in [6.45, 7) is 3.07. The van der Waals surface area contributed by atoms with Gasteiger partial charge in [0.15, 0.2) is 17.9 Å². The van der Waals surface area contributed by atoms with Gasteiger partial charge in [-0.15, -0.1) is 10.2 Å². The molecule has 4 heterocycles. The minimum Gasteiger partial charge on any atom is -0.495 e. The molecule has 0 aliphatic carbocycles. The Balaban J connectivity index is 1.80. The van der Waals surface area contributed by atoms with E-state index in [9.17, 15) is 17.9 Å². The highest BCUT2D eigenvalue weighted by molar-refractivity contribution is 7.93. The van der Waals surface area contributed by atoms with E-state index in [1.165, 1.54) is 31.9 Å². The molecule has 4 rings (SSSR count). The topological polar surface area (TPSA) is 166 Å². The summed E-state index contributed by atoms with van der Waals surface area (Å²) in [4.78, 5) is 12.2. The van der Waals surface area contributed by atoms with Crippen LogP contribution in [0, 0.1) is 5.82 Å². The summed E-state index contributed by atoms with van der Waals surface area (Å²) in [5, 5.41) is 20.6. The lowest BCUT2D eigenvalue weighted by Gasteiger charge is -2.25. The molecule has 3 N–H and O–H groups in total. The predicted molar refractivity (Wildman–Crippen MR) is 131 cm³/mol. The molecule has 0 saturated carbocycles. The maximum absolute atomic E-state index is 13.4. The lowest BCUT2D eigenvalue weighted by atomic mass is 10.1. The highest BCUT2D eigenvalue weighted by atomic mass is 32.2. The van der Waals surface area contributed by atoms with Gasteiger partial charge in [-0.3, -0.25) is 9.29 Å². The van der Waals surface area contributed by atoms with Crippen LogP contribution in [0.5, 0.6) is 5.88 Å². The quantitative estimate of drug-likeness (QED) is 0.365. The molecule has 0 fully saturated rings. The molecular weight excluding hydrogens is 507 g/mol. The maximum atomic E-state index is 13.4. The molecule has 1 aliphatic rings. The predicted octanol–water partition coefficient (Wildman–Crippen LogP) is 1.46. The van der Waals surface area contributed by atoms with Crippen LogP contribution in [0.25, 0.3) is 17.2 Å². The molecule has 3 aromatic heterocycles. The molecule has 1 unspecified atom stereocenters. The number of aliphatic hydroxyl groups excluding tert-OH is 1. The Morgan fingerprint density at radius 2 is 1.89 bits per heavy atom. The highest BCUT2D eigenvalue weighted by Crippen LogP contribution is 2.31. The molecular formula is C22H25FN8O5S. The average Bonchev–Trinajstić information content (AvgIpc) is 3.30. The van der Waals surface area contributed by atoms with Gasteiger partial charge in [0.2, 0.25) is 21.9 Å². The summed E-state index contributed by atoms with van der Waals surface area (Å²) in [6.07, 6.45) is 3.68. The SMILES string of the molecule is COC1=C(n2c(NS(=O)(=O)[C@@H](C)[C@H](C)c3ncc(F)cn3)nnc2-c2cccc(OC)n2)C(O)NC=C1. The van der Waals surface area contributed by atoms with Gasteiger partial charge in [-0.25, -0.2) is 27.8 Å². The number of ether oxygens (including phenoxy) is 2. The number of rotatable bonds is 9. The van der Waals surface area contributed by atoms with Crippen molar-refractivity contribution in [1.29, 1.82) is 0 Å². The van der Waals surface area contributed by atoms with E-state index in [0.717, 1.165) is 12.4 Å². The summed E-state index contributed by atoms with van der Waals surface area (Å²) < 4.78 is 54.4. The zero-order valence-corrected chi connectivity index (χ0v) is 21.1. The van der Waals surface area contributed by atoms with Crippen LogP contribution in [-0.4, -0.2) is 68.9 Å². The second-order valence-corrected chi connectivity index (χ2v) is 10.0. The summed E-state index contributed by atoms with van der Waals surface area (Å²) in [6, 6.07) is 4.94. The largest absolute Gasteiger partial charge is 0.495 e. The van der Waals surface area contributed by atoms with Crippen LogP contribution in [0.2, 0.25) is 0 Å². The van der Waals surface area contributed by atoms with Crippen molar-refractivity contribution in [3.05, 3.63) is 60.3 Å². The Bertz CT molecular complexity index is 1440. The number of methoxy groups -OCH3 is 2. The molecule has 0 radical (unpaired) electrons. The van der Waals surface area contributed by atoms with Crippen molar-refractivity contribution in [2.75, 3.05) is 18.9 Å². The number of dihydropyridines is 1. The van der Waals surface area contributed by atoms with Crippen LogP contribution in [0.1, 0.15) is 25.6 Å². The number of nitrogens with zero attached hydrogens (tertiary/aromatic N) is 6. The molecule has 3 aromatic rings. The van der Waals surface area contributed by atoms with E-state index in [1.54, 1.807) is 31.2 Å². The fraction of sp³-hybridized carbons (Fsp3) is 0.318. The Kier molecular flexibility index (Phi) is 7.35. The number of nitrogens with one attached hydrogen (secondary N) is 2. The first kappa shape index (κ1) is 26.0. The molecule has 37 heavy (non-hydrogen) atoms. The van der Waals surface area contributed by atoms with Gasteiger partial charge in [0.25, 0.3) is 0 Å². The lowest BCUT2D eigenvalue weighted by molar-refractivity contribution is 0.193. The van der Waals surface area contributed by atoms with Gasteiger partial charge in [0.05, 0.1) is 31.9 Å². The molecule has 0 saturated heterocycles. The molecule has 0 aromatic carbocycles. The Morgan fingerprint density at radius 3 is 2.57 bits per heavy atom. The first-order chi connectivity index (χ1) is 17.7. The molecule has 0 amide bonds. The Hall–Kier alpha value is -4.11. The first-order valence-corrected chi connectivity index (χ1v) is 12.6. The van der Waals surface area contributed by atoms with Crippen LogP contribution < -0.4 is 14.8 Å². The third kappa shape index (κ3) is 5.22. The third-order valence-corrected chi connectivity index (χ3v) is 7.61. The number of hydrogen-bond acceptors (Lipinski definition) is 11. The van der Waals surface area contributed by atoms with Crippen molar-refractivity contribution in [3.63, 3.8) is 0 Å². The molecule has 0 spiro atoms. The minimum absolute atomic E-state index is 0.111. The van der Waals surface area contributed by atoms with Crippen molar-refractivity contribution in [2.24, 2.45) is 0 Å². The van der Waals surface area contributed by atoms with E-state index in [2.05, 4.69) is 35.2 Å². The van der Waals surface area contributed by atoms with Gasteiger partial charge >= 0.3 is 0 Å². The zero-order chi connectivity index (χ0) is 26.7. The van der Waals surface area contributed by atoms with Crippen molar-refractivity contribution < 1.29 is 27.4 Å². The van der Waals surface area contributed by atoms with E-state index in [1.807, 2.05) is 0 Å². The van der Waals surface area contributed by atoms with E-state index in [4.69, 9.17) is 9.47 Å². The van der Waals surface area contributed by atoms with Crippen LogP contribution in [0.3, 0.4) is 0 Å². The summed E-state index contributed by atoms with van der Waals surface area (Å²) in [5.41, 5.74) is 0.415. The normalized spacial score (nSPS) is 17.2. The lowest BCUT2D eigenvalue weighted by Crippen LogP contribution is -2.34. The number of hydrogen-bond donors (Lipinski definition) is 3. The maximum Gasteiger partial charge on any atom is 0.243 e. The number of aromatic nitrogens is 6. The first-order valence-electron chi connectivity index (χ1n) is 11.0. The molecule has 196 valence electrons. The van der Waals surface area contributed by atoms with Gasteiger partial charge in [0.1, 0.15) is 23.0 Å². The number of halogens is 1. The van der Waals surface area contributed by atoms with Crippen LogP contribution in [0.15, 0.2) is 48.6 Å². The van der Waals surface area contributed by atoms with Crippen LogP contribution in [0.4, 0.5) is 10.3 Å². The monoisotopic (exact) mass is 532 g/mol. The van der Waals surface area contributed by atoms with Crippen LogP contribution >= 0.6 is 0 Å². The number of allylic oxidation sites excluding steroid dienone is 1. The molecule has 15 heteroatoms. The second-order valence-electron chi connectivity index (χ2n) is 8.00. The van der Waals surface area contributed by atoms with Gasteiger partial charge in [-0.05, 0) is 19.1 Å². The second kappa shape index (κ2) is 10.5. The van der Waals surface area contributed by atoms with E-state index in [-0.39, 0.29) is 29.1 Å². The summed E-state index contributed by atoms with van der Waals surface area (Å²) in [7, 11) is -1.27. The van der Waals surface area contributed by atoms with E-state index >= 15 is 0 Å². The number of anilines is 1. The van der Waals surface area contributed by atoms with E-state index in [0.29, 0.717) is 11.6 Å². The number of aliphatic hydroxyl groups is 1. The van der Waals surface area contributed by atoms with Gasteiger partial charge < -0.3 is 19.9 Å². The van der Waals surface area contributed by atoms with Crippen molar-refractivity contribution in [3.8, 4) is 17.4 Å². The highest BCUT2D eigenvalue weighted by Gasteiger charge is 2.34. The number of sulfonamides is 1. The number of pyridine rings is 1. The van der Waals surface area contributed by atoms with Crippen molar-refractivity contribution in [2.45, 2.75) is 31.2 Å². The summed E-state index contributed by atoms with van der Waals surface area (Å²) in [5.74, 6) is -0.765. The smallest absolute Gasteiger partial charge is 0.243 e. The molecule has 1 aliphatic heterocycles. The zero-order valence-electron chi connectivity index (χ0n) is 20.3. The van der Waals surface area contributed by atoms with Gasteiger partial charge in [0, 0.05) is 18.2 Å². The van der Waals surface area contributed by atoms with E-state index < -0.39 is 33.2 Å². The fourth-order valence-electron chi connectivity index (χ4n) is 3.57. The molecule has 13 nitrogen and oxygen atoms in total. The molecule has 3 atom stereocenters. The Morgan fingerprint density at radius 1 is 1.16 bits per heavy atom. The fourth-order valence-corrected chi connectivity index (χ4v) is 4.80. The van der Waals surface area contributed by atoms with Crippen molar-refractivity contribution in [1.82, 2.24) is 35.0 Å². The van der Waals surface area contributed by atoms with Crippen molar-refractivity contribution >= 4 is 21.7 Å².